The summed E-state index contributed by atoms with van der Waals surface area (Å²) >= 11 is 5.69. The molecule has 1 saturated heterocycles. The molecule has 96 valence electrons. The second-order valence-corrected chi connectivity index (χ2v) is 4.29. The molecule has 0 aromatic heterocycles. The molecule has 0 spiro atoms. The molecule has 1 aliphatic heterocycles. The summed E-state index contributed by atoms with van der Waals surface area (Å²) < 4.78 is 4.97. The molecule has 7 heteroatoms. The van der Waals surface area contributed by atoms with Crippen LogP contribution in [-0.2, 0) is 11.2 Å². The van der Waals surface area contributed by atoms with E-state index >= 15 is 0 Å². The van der Waals surface area contributed by atoms with E-state index in [0.717, 1.165) is 5.56 Å². The van der Waals surface area contributed by atoms with E-state index < -0.39 is 11.0 Å². The number of alkyl carbamates (subject to hydrolysis) is 1. The Morgan fingerprint density at radius 3 is 2.61 bits per heavy atom. The van der Waals surface area contributed by atoms with Crippen molar-refractivity contribution >= 4 is 23.4 Å². The molecule has 1 aromatic carbocycles. The van der Waals surface area contributed by atoms with Crippen LogP contribution in [0.1, 0.15) is 5.56 Å². The Balaban J connectivity index is 2.05. The van der Waals surface area contributed by atoms with Crippen LogP contribution in [0.2, 0.25) is 0 Å². The molecule has 1 aromatic rings. The van der Waals surface area contributed by atoms with Gasteiger partial charge in [0.1, 0.15) is 6.10 Å². The molecule has 1 aliphatic rings. The summed E-state index contributed by atoms with van der Waals surface area (Å²) in [6, 6.07) is 5.99. The number of non-ortho nitro benzene ring substituents is 1. The van der Waals surface area contributed by atoms with Gasteiger partial charge in [0.2, 0.25) is 0 Å². The van der Waals surface area contributed by atoms with Crippen molar-refractivity contribution in [2.45, 2.75) is 18.6 Å². The summed E-state index contributed by atoms with van der Waals surface area (Å²) in [7, 11) is 0. The number of nitro groups is 1. The van der Waals surface area contributed by atoms with Crippen molar-refractivity contribution in [3.63, 3.8) is 0 Å². The van der Waals surface area contributed by atoms with Crippen molar-refractivity contribution in [2.24, 2.45) is 0 Å². The Bertz CT molecular complexity index is 463. The van der Waals surface area contributed by atoms with Gasteiger partial charge in [-0.2, -0.15) is 0 Å². The summed E-state index contributed by atoms with van der Waals surface area (Å²) in [6.45, 7) is 0. The van der Waals surface area contributed by atoms with Gasteiger partial charge in [0, 0.05) is 12.1 Å². The van der Waals surface area contributed by atoms with Crippen LogP contribution in [0.4, 0.5) is 10.5 Å². The lowest BCUT2D eigenvalue weighted by Crippen LogP contribution is -2.34. The lowest BCUT2D eigenvalue weighted by atomic mass is 10.0. The molecule has 1 heterocycles. The van der Waals surface area contributed by atoms with Crippen molar-refractivity contribution < 1.29 is 14.5 Å². The van der Waals surface area contributed by atoms with E-state index in [4.69, 9.17) is 16.3 Å². The molecule has 1 amide bonds. The van der Waals surface area contributed by atoms with Crippen LogP contribution in [0.3, 0.4) is 0 Å². The van der Waals surface area contributed by atoms with Gasteiger partial charge in [-0.3, -0.25) is 10.1 Å². The van der Waals surface area contributed by atoms with Gasteiger partial charge >= 0.3 is 6.09 Å². The first-order valence-electron chi connectivity index (χ1n) is 5.36. The van der Waals surface area contributed by atoms with Crippen molar-refractivity contribution in [2.75, 3.05) is 5.88 Å². The Kier molecular flexibility index (Phi) is 3.66. The molecule has 0 bridgehead atoms. The molecule has 1 N–H and O–H groups in total. The van der Waals surface area contributed by atoms with Gasteiger partial charge in [-0.25, -0.2) is 4.79 Å². The highest BCUT2D eigenvalue weighted by molar-refractivity contribution is 6.18. The maximum atomic E-state index is 11.1. The minimum atomic E-state index is -0.479. The molecule has 2 atom stereocenters. The minimum absolute atomic E-state index is 0.0411. The van der Waals surface area contributed by atoms with Crippen molar-refractivity contribution in [3.8, 4) is 0 Å². The smallest absolute Gasteiger partial charge is 0.407 e. The summed E-state index contributed by atoms with van der Waals surface area (Å²) in [4.78, 5) is 21.1. The maximum Gasteiger partial charge on any atom is 0.407 e. The molecular weight excluding hydrogens is 260 g/mol. The lowest BCUT2D eigenvalue weighted by molar-refractivity contribution is -0.384. The summed E-state index contributed by atoms with van der Waals surface area (Å²) in [5, 5.41) is 13.2. The summed E-state index contributed by atoms with van der Waals surface area (Å²) in [5.41, 5.74) is 0.922. The number of rotatable bonds is 4. The number of nitrogens with one attached hydrogen (secondary N) is 1. The SMILES string of the molecule is O=C1N[C@@H](Cc2ccc([N+](=O)[O-])cc2)[C@H](CCl)O1. The van der Waals surface area contributed by atoms with E-state index in [0.29, 0.717) is 6.42 Å². The molecular formula is C11H11ClN2O4. The van der Waals surface area contributed by atoms with Gasteiger partial charge in [0.25, 0.3) is 5.69 Å². The average molecular weight is 271 g/mol. The number of cyclic esters (lactones) is 1. The largest absolute Gasteiger partial charge is 0.443 e. The van der Waals surface area contributed by atoms with Crippen LogP contribution in [0.15, 0.2) is 24.3 Å². The number of alkyl halides is 1. The number of amides is 1. The zero-order chi connectivity index (χ0) is 13.1. The fourth-order valence-corrected chi connectivity index (χ4v) is 2.11. The van der Waals surface area contributed by atoms with E-state index in [2.05, 4.69) is 5.32 Å². The van der Waals surface area contributed by atoms with Crippen molar-refractivity contribution in [1.29, 1.82) is 0 Å². The summed E-state index contributed by atoms with van der Waals surface area (Å²) in [5.74, 6) is 0.219. The lowest BCUT2D eigenvalue weighted by Gasteiger charge is -2.13. The van der Waals surface area contributed by atoms with Gasteiger partial charge in [-0.15, -0.1) is 11.6 Å². The van der Waals surface area contributed by atoms with Gasteiger partial charge in [0.05, 0.1) is 16.8 Å². The predicted molar refractivity (Wildman–Crippen MR) is 64.7 cm³/mol. The van der Waals surface area contributed by atoms with E-state index in [9.17, 15) is 14.9 Å². The first-order chi connectivity index (χ1) is 8.60. The van der Waals surface area contributed by atoms with Crippen LogP contribution >= 0.6 is 11.6 Å². The zero-order valence-corrected chi connectivity index (χ0v) is 10.1. The monoisotopic (exact) mass is 270 g/mol. The predicted octanol–water partition coefficient (Wildman–Crippen LogP) is 1.85. The van der Waals surface area contributed by atoms with Gasteiger partial charge < -0.3 is 10.1 Å². The Morgan fingerprint density at radius 1 is 1.39 bits per heavy atom. The van der Waals surface area contributed by atoms with E-state index in [1.807, 2.05) is 0 Å². The van der Waals surface area contributed by atoms with E-state index in [1.165, 1.54) is 12.1 Å². The minimum Gasteiger partial charge on any atom is -0.443 e. The number of carbonyl (C=O) groups is 1. The van der Waals surface area contributed by atoms with Crippen molar-refractivity contribution in [1.82, 2.24) is 5.32 Å². The second kappa shape index (κ2) is 5.22. The molecule has 0 aliphatic carbocycles. The van der Waals surface area contributed by atoms with Gasteiger partial charge in [0.15, 0.2) is 0 Å². The first-order valence-corrected chi connectivity index (χ1v) is 5.90. The highest BCUT2D eigenvalue weighted by Gasteiger charge is 2.33. The van der Waals surface area contributed by atoms with Gasteiger partial charge in [-0.05, 0) is 12.0 Å². The quantitative estimate of drug-likeness (QED) is 0.514. The Labute approximate surface area is 108 Å². The van der Waals surface area contributed by atoms with Crippen LogP contribution in [0.5, 0.6) is 0 Å². The molecule has 0 radical (unpaired) electrons. The third kappa shape index (κ3) is 2.70. The normalized spacial score (nSPS) is 22.4. The van der Waals surface area contributed by atoms with Crippen molar-refractivity contribution in [3.05, 3.63) is 39.9 Å². The van der Waals surface area contributed by atoms with Crippen LogP contribution in [0.25, 0.3) is 0 Å². The number of hydrogen-bond acceptors (Lipinski definition) is 4. The summed E-state index contributed by atoms with van der Waals surface area (Å²) in [6.07, 6.45) is -0.317. The molecule has 0 saturated carbocycles. The molecule has 2 rings (SSSR count). The van der Waals surface area contributed by atoms with Crippen LogP contribution < -0.4 is 5.32 Å². The molecule has 6 nitrogen and oxygen atoms in total. The number of ether oxygens (including phenoxy) is 1. The van der Waals surface area contributed by atoms with Crippen LogP contribution in [0, 0.1) is 10.1 Å². The highest BCUT2D eigenvalue weighted by Crippen LogP contribution is 2.18. The fourth-order valence-electron chi connectivity index (χ4n) is 1.83. The molecule has 1 fully saturated rings. The Hall–Kier alpha value is -1.82. The number of benzene rings is 1. The molecule has 18 heavy (non-hydrogen) atoms. The van der Waals surface area contributed by atoms with Crippen LogP contribution in [-0.4, -0.2) is 29.0 Å². The third-order valence-electron chi connectivity index (χ3n) is 2.77. The maximum absolute atomic E-state index is 11.1. The average Bonchev–Trinajstić information content (AvgIpc) is 2.70. The zero-order valence-electron chi connectivity index (χ0n) is 9.34. The van der Waals surface area contributed by atoms with E-state index in [1.54, 1.807) is 12.1 Å². The third-order valence-corrected chi connectivity index (χ3v) is 3.07. The Morgan fingerprint density at radius 2 is 2.06 bits per heavy atom. The number of nitrogens with zero attached hydrogens (tertiary/aromatic N) is 1. The standard InChI is InChI=1S/C11H11ClN2O4/c12-6-10-9(13-11(15)18-10)5-7-1-3-8(4-2-7)14(16)17/h1-4,9-10H,5-6H2,(H,13,15)/t9-,10-/m0/s1. The van der Waals surface area contributed by atoms with Gasteiger partial charge in [-0.1, -0.05) is 12.1 Å². The topological polar surface area (TPSA) is 81.5 Å². The number of hydrogen-bond donors (Lipinski definition) is 1. The molecule has 0 unspecified atom stereocenters. The number of halogens is 1. The fraction of sp³-hybridized carbons (Fsp3) is 0.364. The number of nitro benzene ring substituents is 1. The second-order valence-electron chi connectivity index (χ2n) is 3.98. The first kappa shape index (κ1) is 12.6. The van der Waals surface area contributed by atoms with E-state index in [-0.39, 0.29) is 23.7 Å². The number of carbonyl (C=O) groups excluding carboxylic acids is 1. The highest BCUT2D eigenvalue weighted by atomic mass is 35.5.